The number of nitrogens with zero attached hydrogens (tertiary/aromatic N) is 3. The summed E-state index contributed by atoms with van der Waals surface area (Å²) >= 11 is 3.43. The second-order valence-electron chi connectivity index (χ2n) is 6.08. The second-order valence-corrected chi connectivity index (χ2v) is 7.00. The van der Waals surface area contributed by atoms with Gasteiger partial charge >= 0.3 is 0 Å². The highest BCUT2D eigenvalue weighted by molar-refractivity contribution is 9.10. The molecule has 1 fully saturated rings. The molecule has 134 valence electrons. The summed E-state index contributed by atoms with van der Waals surface area (Å²) in [7, 11) is 0. The highest BCUT2D eigenvalue weighted by Crippen LogP contribution is 2.31. The van der Waals surface area contributed by atoms with Crippen molar-refractivity contribution in [3.8, 4) is 0 Å². The molecule has 0 amide bonds. The standard InChI is InChI=1S/C19H16BrF2N3O/c20-13-7-5-12(6-8-13)16-11-25(9-10-26-16)19-14-3-1-2-4-15(14)23-18(24-19)17(21)22/h1-8,16-17H,9-11H2. The SMILES string of the molecule is FC(F)c1nc(N2CCOC(c3ccc(Br)cc3)C2)c2ccccc2n1. The van der Waals surface area contributed by atoms with Crippen molar-refractivity contribution in [1.82, 2.24) is 9.97 Å². The summed E-state index contributed by atoms with van der Waals surface area (Å²) in [6.45, 7) is 1.64. The number of alkyl halides is 2. The van der Waals surface area contributed by atoms with Crippen LogP contribution in [-0.2, 0) is 4.74 Å². The van der Waals surface area contributed by atoms with Crippen LogP contribution >= 0.6 is 15.9 Å². The van der Waals surface area contributed by atoms with Crippen molar-refractivity contribution >= 4 is 32.7 Å². The molecule has 26 heavy (non-hydrogen) atoms. The van der Waals surface area contributed by atoms with Gasteiger partial charge in [0.15, 0.2) is 5.82 Å². The van der Waals surface area contributed by atoms with Gasteiger partial charge in [0, 0.05) is 22.9 Å². The van der Waals surface area contributed by atoms with Crippen LogP contribution in [0.5, 0.6) is 0 Å². The van der Waals surface area contributed by atoms with Gasteiger partial charge in [-0.1, -0.05) is 40.2 Å². The molecule has 1 atom stereocenters. The first-order chi connectivity index (χ1) is 12.6. The molecule has 0 aliphatic carbocycles. The van der Waals surface area contributed by atoms with Crippen LogP contribution in [0.4, 0.5) is 14.6 Å². The van der Waals surface area contributed by atoms with Crippen LogP contribution in [0.25, 0.3) is 10.9 Å². The molecular weight excluding hydrogens is 404 g/mol. The normalized spacial score (nSPS) is 17.8. The van der Waals surface area contributed by atoms with E-state index in [1.165, 1.54) is 0 Å². The van der Waals surface area contributed by atoms with E-state index in [1.54, 1.807) is 12.1 Å². The molecule has 0 radical (unpaired) electrons. The summed E-state index contributed by atoms with van der Waals surface area (Å²) in [6, 6.07) is 15.2. The molecule has 4 nitrogen and oxygen atoms in total. The smallest absolute Gasteiger partial charge is 0.297 e. The van der Waals surface area contributed by atoms with Gasteiger partial charge in [0.25, 0.3) is 6.43 Å². The fourth-order valence-electron chi connectivity index (χ4n) is 3.14. The number of anilines is 1. The number of hydrogen-bond acceptors (Lipinski definition) is 4. The zero-order chi connectivity index (χ0) is 18.1. The zero-order valence-electron chi connectivity index (χ0n) is 13.8. The third kappa shape index (κ3) is 3.41. The van der Waals surface area contributed by atoms with Crippen LogP contribution in [0.15, 0.2) is 53.0 Å². The van der Waals surface area contributed by atoms with E-state index in [2.05, 4.69) is 25.9 Å². The molecule has 1 unspecified atom stereocenters. The van der Waals surface area contributed by atoms with Crippen molar-refractivity contribution in [1.29, 1.82) is 0 Å². The number of hydrogen-bond donors (Lipinski definition) is 0. The lowest BCUT2D eigenvalue weighted by molar-refractivity contribution is 0.0395. The first-order valence-electron chi connectivity index (χ1n) is 8.28. The minimum Gasteiger partial charge on any atom is -0.370 e. The van der Waals surface area contributed by atoms with E-state index in [4.69, 9.17) is 4.74 Å². The van der Waals surface area contributed by atoms with Crippen LogP contribution in [0.2, 0.25) is 0 Å². The van der Waals surface area contributed by atoms with Gasteiger partial charge < -0.3 is 9.64 Å². The van der Waals surface area contributed by atoms with Crippen molar-refractivity contribution in [2.24, 2.45) is 0 Å². The minimum atomic E-state index is -2.71. The first kappa shape index (κ1) is 17.3. The molecule has 1 aliphatic heterocycles. The Labute approximate surface area is 158 Å². The molecule has 0 saturated carbocycles. The number of para-hydroxylation sites is 1. The lowest BCUT2D eigenvalue weighted by atomic mass is 10.1. The van der Waals surface area contributed by atoms with Gasteiger partial charge in [0.1, 0.15) is 11.9 Å². The largest absolute Gasteiger partial charge is 0.370 e. The van der Waals surface area contributed by atoms with E-state index in [-0.39, 0.29) is 6.10 Å². The topological polar surface area (TPSA) is 38.2 Å². The molecule has 7 heteroatoms. The number of aromatic nitrogens is 2. The molecule has 0 spiro atoms. The Bertz CT molecular complexity index is 920. The average molecular weight is 420 g/mol. The van der Waals surface area contributed by atoms with E-state index in [0.717, 1.165) is 15.4 Å². The van der Waals surface area contributed by atoms with Crippen LogP contribution in [-0.4, -0.2) is 29.7 Å². The summed E-state index contributed by atoms with van der Waals surface area (Å²) in [4.78, 5) is 10.2. The lowest BCUT2D eigenvalue weighted by Gasteiger charge is -2.34. The van der Waals surface area contributed by atoms with Crippen molar-refractivity contribution in [3.63, 3.8) is 0 Å². The monoisotopic (exact) mass is 419 g/mol. The molecule has 1 saturated heterocycles. The molecule has 0 bridgehead atoms. The minimum absolute atomic E-state index is 0.138. The van der Waals surface area contributed by atoms with E-state index < -0.39 is 12.2 Å². The quantitative estimate of drug-likeness (QED) is 0.604. The number of halogens is 3. The Balaban J connectivity index is 1.71. The van der Waals surface area contributed by atoms with Gasteiger partial charge in [-0.3, -0.25) is 0 Å². The fraction of sp³-hybridized carbons (Fsp3) is 0.263. The van der Waals surface area contributed by atoms with Gasteiger partial charge in [-0.2, -0.15) is 0 Å². The van der Waals surface area contributed by atoms with Crippen molar-refractivity contribution < 1.29 is 13.5 Å². The van der Waals surface area contributed by atoms with E-state index in [9.17, 15) is 8.78 Å². The number of rotatable bonds is 3. The number of ether oxygens (including phenoxy) is 1. The Kier molecular flexibility index (Phi) is 4.82. The van der Waals surface area contributed by atoms with Crippen molar-refractivity contribution in [3.05, 3.63) is 64.4 Å². The predicted octanol–water partition coefficient (Wildman–Crippen LogP) is 4.91. The average Bonchev–Trinajstić information content (AvgIpc) is 2.67. The van der Waals surface area contributed by atoms with Gasteiger partial charge in [-0.25, -0.2) is 18.7 Å². The molecule has 2 aromatic carbocycles. The predicted molar refractivity (Wildman–Crippen MR) is 99.5 cm³/mol. The van der Waals surface area contributed by atoms with Gasteiger partial charge in [0.05, 0.1) is 12.1 Å². The summed E-state index contributed by atoms with van der Waals surface area (Å²) < 4.78 is 33.4. The van der Waals surface area contributed by atoms with Crippen LogP contribution < -0.4 is 4.90 Å². The van der Waals surface area contributed by atoms with E-state index in [1.807, 2.05) is 41.3 Å². The summed E-state index contributed by atoms with van der Waals surface area (Å²) in [5.74, 6) is 0.0988. The summed E-state index contributed by atoms with van der Waals surface area (Å²) in [5, 5.41) is 0.772. The Morgan fingerprint density at radius 3 is 2.62 bits per heavy atom. The molecular formula is C19H16BrF2N3O. The summed E-state index contributed by atoms with van der Waals surface area (Å²) in [6.07, 6.45) is -2.85. The van der Waals surface area contributed by atoms with Gasteiger partial charge in [-0.05, 0) is 29.8 Å². The fourth-order valence-corrected chi connectivity index (χ4v) is 3.40. The third-order valence-electron chi connectivity index (χ3n) is 4.40. The molecule has 3 aromatic rings. The number of fused-ring (bicyclic) bond motifs is 1. The van der Waals surface area contributed by atoms with Gasteiger partial charge in [-0.15, -0.1) is 0 Å². The van der Waals surface area contributed by atoms with Crippen molar-refractivity contribution in [2.45, 2.75) is 12.5 Å². The lowest BCUT2D eigenvalue weighted by Crippen LogP contribution is -2.39. The zero-order valence-corrected chi connectivity index (χ0v) is 15.4. The molecule has 1 aliphatic rings. The number of benzene rings is 2. The maximum atomic E-state index is 13.2. The van der Waals surface area contributed by atoms with Gasteiger partial charge in [0.2, 0.25) is 0 Å². The summed E-state index contributed by atoms with van der Waals surface area (Å²) in [5.41, 5.74) is 1.57. The molecule has 2 heterocycles. The molecule has 1 aromatic heterocycles. The van der Waals surface area contributed by atoms with Crippen LogP contribution in [0, 0.1) is 0 Å². The molecule has 4 rings (SSSR count). The maximum Gasteiger partial charge on any atom is 0.297 e. The maximum absolute atomic E-state index is 13.2. The Hall–Kier alpha value is -2.12. The third-order valence-corrected chi connectivity index (χ3v) is 4.93. The highest BCUT2D eigenvalue weighted by Gasteiger charge is 2.26. The van der Waals surface area contributed by atoms with E-state index in [0.29, 0.717) is 31.0 Å². The molecule has 0 N–H and O–H groups in total. The first-order valence-corrected chi connectivity index (χ1v) is 9.08. The van der Waals surface area contributed by atoms with E-state index >= 15 is 0 Å². The Morgan fingerprint density at radius 1 is 1.08 bits per heavy atom. The second kappa shape index (κ2) is 7.25. The number of morpholine rings is 1. The van der Waals surface area contributed by atoms with Crippen LogP contribution in [0.3, 0.4) is 0 Å². The Morgan fingerprint density at radius 2 is 1.85 bits per heavy atom. The van der Waals surface area contributed by atoms with Crippen LogP contribution in [0.1, 0.15) is 23.9 Å². The van der Waals surface area contributed by atoms with Crippen molar-refractivity contribution in [2.75, 3.05) is 24.6 Å². The highest BCUT2D eigenvalue weighted by atomic mass is 79.9.